The highest BCUT2D eigenvalue weighted by Crippen LogP contribution is 2.18. The Labute approximate surface area is 102 Å². The lowest BCUT2D eigenvalue weighted by Crippen LogP contribution is -1.85. The van der Waals surface area contributed by atoms with Crippen molar-refractivity contribution in [1.82, 2.24) is 4.98 Å². The summed E-state index contributed by atoms with van der Waals surface area (Å²) < 4.78 is 0. The van der Waals surface area contributed by atoms with E-state index >= 15 is 0 Å². The molecule has 2 rings (SSSR count). The molecule has 0 spiro atoms. The molecule has 0 radical (unpaired) electrons. The molecule has 88 valence electrons. The topological polar surface area (TPSA) is 30.0 Å². The summed E-state index contributed by atoms with van der Waals surface area (Å²) in [6.45, 7) is 5.95. The van der Waals surface area contributed by atoms with Crippen molar-refractivity contribution >= 4 is 6.29 Å². The van der Waals surface area contributed by atoms with E-state index in [1.807, 2.05) is 57.3 Å². The molecule has 0 aliphatic carbocycles. The van der Waals surface area contributed by atoms with E-state index in [1.54, 1.807) is 6.07 Å². The highest BCUT2D eigenvalue weighted by atomic mass is 16.1. The van der Waals surface area contributed by atoms with E-state index in [0.29, 0.717) is 5.56 Å². The highest BCUT2D eigenvalue weighted by molar-refractivity contribution is 5.78. The molecule has 0 unspecified atom stereocenters. The average Bonchev–Trinajstić information content (AvgIpc) is 2.42. The number of nitrogens with zero attached hydrogens (tertiary/aromatic N) is 1. The summed E-state index contributed by atoms with van der Waals surface area (Å²) in [4.78, 5) is 14.9. The van der Waals surface area contributed by atoms with Gasteiger partial charge in [-0.05, 0) is 24.6 Å². The second-order valence-electron chi connectivity index (χ2n) is 3.43. The first-order chi connectivity index (χ1) is 8.29. The van der Waals surface area contributed by atoms with Crippen molar-refractivity contribution in [3.8, 4) is 11.1 Å². The number of hydrogen-bond donors (Lipinski definition) is 0. The molecule has 0 N–H and O–H groups in total. The van der Waals surface area contributed by atoms with Gasteiger partial charge in [0.25, 0.3) is 0 Å². The monoisotopic (exact) mass is 227 g/mol. The van der Waals surface area contributed by atoms with Crippen LogP contribution < -0.4 is 0 Å². The molecule has 0 aliphatic rings. The molecule has 0 fully saturated rings. The Morgan fingerprint density at radius 2 is 1.82 bits per heavy atom. The Morgan fingerprint density at radius 3 is 2.41 bits per heavy atom. The van der Waals surface area contributed by atoms with Gasteiger partial charge < -0.3 is 0 Å². The minimum absolute atomic E-state index is 0.688. The number of pyridine rings is 1. The Morgan fingerprint density at radius 1 is 1.06 bits per heavy atom. The molecule has 0 aliphatic heterocycles. The quantitative estimate of drug-likeness (QED) is 0.728. The number of aldehydes is 1. The zero-order chi connectivity index (χ0) is 12.7. The summed E-state index contributed by atoms with van der Waals surface area (Å²) in [5.74, 6) is 0. The molecule has 0 atom stereocenters. The second kappa shape index (κ2) is 6.59. The van der Waals surface area contributed by atoms with Crippen molar-refractivity contribution in [1.29, 1.82) is 0 Å². The van der Waals surface area contributed by atoms with E-state index in [1.165, 1.54) is 0 Å². The zero-order valence-electron chi connectivity index (χ0n) is 10.5. The van der Waals surface area contributed by atoms with Crippen LogP contribution in [0.2, 0.25) is 0 Å². The maximum Gasteiger partial charge on any atom is 0.150 e. The van der Waals surface area contributed by atoms with Crippen molar-refractivity contribution in [2.75, 3.05) is 0 Å². The summed E-state index contributed by atoms with van der Waals surface area (Å²) in [5.41, 5.74) is 3.73. The van der Waals surface area contributed by atoms with Crippen LogP contribution in [-0.4, -0.2) is 11.3 Å². The fourth-order valence-corrected chi connectivity index (χ4v) is 1.43. The lowest BCUT2D eigenvalue weighted by Gasteiger charge is -2.01. The number of benzene rings is 1. The van der Waals surface area contributed by atoms with Gasteiger partial charge in [-0.15, -0.1) is 0 Å². The van der Waals surface area contributed by atoms with Crippen molar-refractivity contribution in [2.45, 2.75) is 20.8 Å². The molecular weight excluding hydrogens is 210 g/mol. The summed E-state index contributed by atoms with van der Waals surface area (Å²) in [6, 6.07) is 11.5. The van der Waals surface area contributed by atoms with Crippen molar-refractivity contribution in [3.05, 3.63) is 53.9 Å². The summed E-state index contributed by atoms with van der Waals surface area (Å²) in [6.07, 6.45) is 2.67. The number of carbonyl (C=O) groups is 1. The van der Waals surface area contributed by atoms with Crippen LogP contribution in [0.25, 0.3) is 11.1 Å². The Hall–Kier alpha value is -1.96. The van der Waals surface area contributed by atoms with Crippen molar-refractivity contribution < 1.29 is 4.79 Å². The molecule has 2 aromatic rings. The van der Waals surface area contributed by atoms with E-state index in [2.05, 4.69) is 4.98 Å². The van der Waals surface area contributed by atoms with Crippen LogP contribution in [0.1, 0.15) is 29.9 Å². The standard InChI is InChI=1S/C13H11NO.C2H6/c1-10-5-6-13(8-14-10)12-4-2-3-11(7-12)9-15;1-2/h2-9H,1H3;1-2H3. The smallest absolute Gasteiger partial charge is 0.150 e. The molecule has 1 heterocycles. The fourth-order valence-electron chi connectivity index (χ4n) is 1.43. The third-order valence-electron chi connectivity index (χ3n) is 2.27. The minimum atomic E-state index is 0.688. The second-order valence-corrected chi connectivity index (χ2v) is 3.43. The number of carbonyl (C=O) groups excluding carboxylic acids is 1. The maximum atomic E-state index is 10.6. The first-order valence-corrected chi connectivity index (χ1v) is 5.78. The molecule has 0 amide bonds. The van der Waals surface area contributed by atoms with Crippen molar-refractivity contribution in [2.24, 2.45) is 0 Å². The van der Waals surface area contributed by atoms with Crippen LogP contribution in [0.15, 0.2) is 42.6 Å². The Bertz CT molecular complexity index is 475. The zero-order valence-corrected chi connectivity index (χ0v) is 10.5. The molecule has 2 heteroatoms. The van der Waals surface area contributed by atoms with E-state index in [4.69, 9.17) is 0 Å². The summed E-state index contributed by atoms with van der Waals surface area (Å²) >= 11 is 0. The third-order valence-corrected chi connectivity index (χ3v) is 2.27. The van der Waals surface area contributed by atoms with Gasteiger partial charge in [0.2, 0.25) is 0 Å². The number of rotatable bonds is 2. The Kier molecular flexibility index (Phi) is 5.08. The van der Waals surface area contributed by atoms with Gasteiger partial charge in [-0.2, -0.15) is 0 Å². The van der Waals surface area contributed by atoms with Gasteiger partial charge in [0.15, 0.2) is 0 Å². The first kappa shape index (κ1) is 13.1. The average molecular weight is 227 g/mol. The van der Waals surface area contributed by atoms with Gasteiger partial charge in [-0.3, -0.25) is 9.78 Å². The molecule has 2 nitrogen and oxygen atoms in total. The van der Waals surface area contributed by atoms with Gasteiger partial charge in [0.05, 0.1) is 0 Å². The predicted octanol–water partition coefficient (Wildman–Crippen LogP) is 3.90. The normalized spacial score (nSPS) is 9.12. The molecule has 1 aromatic heterocycles. The van der Waals surface area contributed by atoms with E-state index < -0.39 is 0 Å². The number of hydrogen-bond acceptors (Lipinski definition) is 2. The van der Waals surface area contributed by atoms with E-state index in [9.17, 15) is 4.79 Å². The largest absolute Gasteiger partial charge is 0.298 e. The van der Waals surface area contributed by atoms with E-state index in [-0.39, 0.29) is 0 Å². The van der Waals surface area contributed by atoms with Crippen LogP contribution in [0.4, 0.5) is 0 Å². The van der Waals surface area contributed by atoms with Crippen molar-refractivity contribution in [3.63, 3.8) is 0 Å². The molecule has 0 saturated heterocycles. The lowest BCUT2D eigenvalue weighted by molar-refractivity contribution is 0.112. The molecule has 17 heavy (non-hydrogen) atoms. The SMILES string of the molecule is CC.Cc1ccc(-c2cccc(C=O)c2)cn1. The summed E-state index contributed by atoms with van der Waals surface area (Å²) in [7, 11) is 0. The van der Waals surface area contributed by atoms with Crippen LogP contribution in [-0.2, 0) is 0 Å². The van der Waals surface area contributed by atoms with Gasteiger partial charge >= 0.3 is 0 Å². The van der Waals surface area contributed by atoms with Gasteiger partial charge in [0.1, 0.15) is 6.29 Å². The van der Waals surface area contributed by atoms with Crippen LogP contribution in [0.3, 0.4) is 0 Å². The maximum absolute atomic E-state index is 10.6. The molecule has 1 aromatic carbocycles. The van der Waals surface area contributed by atoms with Crippen LogP contribution >= 0.6 is 0 Å². The van der Waals surface area contributed by atoms with E-state index in [0.717, 1.165) is 23.1 Å². The minimum Gasteiger partial charge on any atom is -0.298 e. The van der Waals surface area contributed by atoms with Gasteiger partial charge in [-0.1, -0.05) is 38.1 Å². The molecular formula is C15H17NO. The summed E-state index contributed by atoms with van der Waals surface area (Å²) in [5, 5.41) is 0. The fraction of sp³-hybridized carbons (Fsp3) is 0.200. The van der Waals surface area contributed by atoms with Gasteiger partial charge in [-0.25, -0.2) is 0 Å². The predicted molar refractivity (Wildman–Crippen MR) is 71.1 cm³/mol. The lowest BCUT2D eigenvalue weighted by atomic mass is 10.1. The Balaban J connectivity index is 0.000000686. The van der Waals surface area contributed by atoms with Crippen LogP contribution in [0.5, 0.6) is 0 Å². The number of aryl methyl sites for hydroxylation is 1. The highest BCUT2D eigenvalue weighted by Gasteiger charge is 1.98. The van der Waals surface area contributed by atoms with Gasteiger partial charge in [0, 0.05) is 23.0 Å². The third kappa shape index (κ3) is 3.52. The number of aromatic nitrogens is 1. The van der Waals surface area contributed by atoms with Crippen LogP contribution in [0, 0.1) is 6.92 Å². The first-order valence-electron chi connectivity index (χ1n) is 5.78. The molecule has 0 bridgehead atoms. The molecule has 0 saturated carbocycles.